The standard InChI is InChI=1S/C18H24N2OS2/c1-10-7-8-13-14(9-10)23-18-15(13)17(21)19-16(20-18)11(2)22-12-5-3-4-6-12/h10-12H,3-9H2,1-2H3,(H,19,20,21)/t10-,11-/m0/s1. The van der Waals surface area contributed by atoms with E-state index in [1.807, 2.05) is 11.8 Å². The van der Waals surface area contributed by atoms with Crippen molar-refractivity contribution in [2.75, 3.05) is 0 Å². The van der Waals surface area contributed by atoms with Crippen LogP contribution in [0.4, 0.5) is 0 Å². The van der Waals surface area contributed by atoms with Gasteiger partial charge in [-0.3, -0.25) is 4.79 Å². The molecule has 2 aliphatic rings. The van der Waals surface area contributed by atoms with Crippen molar-refractivity contribution in [2.45, 2.75) is 69.3 Å². The third kappa shape index (κ3) is 2.98. The molecule has 0 bridgehead atoms. The molecule has 1 fully saturated rings. The Labute approximate surface area is 145 Å². The van der Waals surface area contributed by atoms with Gasteiger partial charge < -0.3 is 4.98 Å². The molecule has 0 amide bonds. The van der Waals surface area contributed by atoms with Gasteiger partial charge in [0.2, 0.25) is 0 Å². The molecule has 124 valence electrons. The lowest BCUT2D eigenvalue weighted by Crippen LogP contribution is -2.15. The zero-order valence-electron chi connectivity index (χ0n) is 13.9. The average molecular weight is 349 g/mol. The number of hydrogen-bond acceptors (Lipinski definition) is 4. The van der Waals surface area contributed by atoms with E-state index in [1.165, 1.54) is 42.5 Å². The lowest BCUT2D eigenvalue weighted by atomic mass is 9.89. The fourth-order valence-corrected chi connectivity index (χ4v) is 6.75. The first-order chi connectivity index (χ1) is 11.1. The molecule has 2 atom stereocenters. The van der Waals surface area contributed by atoms with E-state index in [-0.39, 0.29) is 10.8 Å². The monoisotopic (exact) mass is 348 g/mol. The number of hydrogen-bond donors (Lipinski definition) is 1. The van der Waals surface area contributed by atoms with Crippen LogP contribution >= 0.6 is 23.1 Å². The number of H-pyrrole nitrogens is 1. The SMILES string of the molecule is C[C@H]1CCc2c(sc3nc([C@H](C)SC4CCCC4)[nH]c(=O)c23)C1. The van der Waals surface area contributed by atoms with Gasteiger partial charge in [0.1, 0.15) is 10.7 Å². The van der Waals surface area contributed by atoms with Crippen LogP contribution < -0.4 is 5.56 Å². The van der Waals surface area contributed by atoms with Crippen LogP contribution in [-0.4, -0.2) is 15.2 Å². The molecule has 0 aromatic carbocycles. The Morgan fingerprint density at radius 1 is 1.30 bits per heavy atom. The second-order valence-electron chi connectivity index (χ2n) is 7.17. The zero-order chi connectivity index (χ0) is 16.0. The Hall–Kier alpha value is -0.810. The van der Waals surface area contributed by atoms with Gasteiger partial charge in [0.25, 0.3) is 5.56 Å². The van der Waals surface area contributed by atoms with Crippen LogP contribution in [0.5, 0.6) is 0 Å². The molecule has 1 N–H and O–H groups in total. The fraction of sp³-hybridized carbons (Fsp3) is 0.667. The van der Waals surface area contributed by atoms with Gasteiger partial charge in [-0.15, -0.1) is 23.1 Å². The molecule has 5 heteroatoms. The molecule has 0 unspecified atom stereocenters. The fourth-order valence-electron chi connectivity index (χ4n) is 3.94. The summed E-state index contributed by atoms with van der Waals surface area (Å²) in [4.78, 5) is 23.0. The van der Waals surface area contributed by atoms with Crippen molar-refractivity contribution < 1.29 is 0 Å². The maximum atomic E-state index is 12.7. The van der Waals surface area contributed by atoms with E-state index in [4.69, 9.17) is 4.98 Å². The summed E-state index contributed by atoms with van der Waals surface area (Å²) in [5.74, 6) is 1.59. The van der Waals surface area contributed by atoms with Gasteiger partial charge in [-0.05, 0) is 50.5 Å². The second kappa shape index (κ2) is 6.25. The van der Waals surface area contributed by atoms with Crippen LogP contribution in [0.3, 0.4) is 0 Å². The Balaban J connectivity index is 1.68. The zero-order valence-corrected chi connectivity index (χ0v) is 15.5. The molecule has 1 saturated carbocycles. The summed E-state index contributed by atoms with van der Waals surface area (Å²) in [6.07, 6.45) is 8.66. The van der Waals surface area contributed by atoms with Gasteiger partial charge in [-0.1, -0.05) is 19.8 Å². The van der Waals surface area contributed by atoms with E-state index in [2.05, 4.69) is 18.8 Å². The van der Waals surface area contributed by atoms with Gasteiger partial charge in [0.05, 0.1) is 10.6 Å². The summed E-state index contributed by atoms with van der Waals surface area (Å²) in [5.41, 5.74) is 1.36. The highest BCUT2D eigenvalue weighted by Gasteiger charge is 2.25. The Morgan fingerprint density at radius 2 is 2.09 bits per heavy atom. The number of thioether (sulfide) groups is 1. The summed E-state index contributed by atoms with van der Waals surface area (Å²) in [6, 6.07) is 0. The first-order valence-electron chi connectivity index (χ1n) is 8.81. The number of aromatic nitrogens is 2. The number of thiophene rings is 1. The van der Waals surface area contributed by atoms with Crippen LogP contribution in [0.25, 0.3) is 10.2 Å². The van der Waals surface area contributed by atoms with Crippen molar-refractivity contribution in [1.82, 2.24) is 9.97 Å². The van der Waals surface area contributed by atoms with Gasteiger partial charge in [-0.2, -0.15) is 0 Å². The Bertz CT molecular complexity index is 773. The van der Waals surface area contributed by atoms with E-state index in [9.17, 15) is 4.79 Å². The van der Waals surface area contributed by atoms with Crippen LogP contribution in [0.1, 0.15) is 67.5 Å². The molecular weight excluding hydrogens is 324 g/mol. The van der Waals surface area contributed by atoms with Crippen molar-refractivity contribution in [3.63, 3.8) is 0 Å². The highest BCUT2D eigenvalue weighted by atomic mass is 32.2. The first kappa shape index (κ1) is 15.7. The molecule has 2 heterocycles. The minimum absolute atomic E-state index is 0.0796. The Morgan fingerprint density at radius 3 is 2.87 bits per heavy atom. The van der Waals surface area contributed by atoms with Crippen LogP contribution in [0.2, 0.25) is 0 Å². The average Bonchev–Trinajstić information content (AvgIpc) is 3.13. The normalized spacial score (nSPS) is 23.3. The summed E-state index contributed by atoms with van der Waals surface area (Å²) >= 11 is 3.74. The molecular formula is C18H24N2OS2. The third-order valence-corrected chi connectivity index (χ3v) is 7.90. The molecule has 0 saturated heterocycles. The molecule has 2 aromatic heterocycles. The molecule has 0 aliphatic heterocycles. The maximum Gasteiger partial charge on any atom is 0.259 e. The Kier molecular flexibility index (Phi) is 4.26. The summed E-state index contributed by atoms with van der Waals surface area (Å²) < 4.78 is 0. The quantitative estimate of drug-likeness (QED) is 0.863. The van der Waals surface area contributed by atoms with E-state index < -0.39 is 0 Å². The lowest BCUT2D eigenvalue weighted by molar-refractivity contribution is 0.509. The minimum atomic E-state index is 0.0796. The van der Waals surface area contributed by atoms with Crippen molar-refractivity contribution in [1.29, 1.82) is 0 Å². The van der Waals surface area contributed by atoms with Crippen molar-refractivity contribution >= 4 is 33.3 Å². The molecule has 23 heavy (non-hydrogen) atoms. The topological polar surface area (TPSA) is 45.8 Å². The van der Waals surface area contributed by atoms with Crippen molar-refractivity contribution in [3.8, 4) is 0 Å². The summed E-state index contributed by atoms with van der Waals surface area (Å²) in [7, 11) is 0. The number of nitrogens with one attached hydrogen (secondary N) is 1. The summed E-state index contributed by atoms with van der Waals surface area (Å²) in [6.45, 7) is 4.49. The van der Waals surface area contributed by atoms with Crippen LogP contribution in [-0.2, 0) is 12.8 Å². The van der Waals surface area contributed by atoms with E-state index in [1.54, 1.807) is 11.3 Å². The summed E-state index contributed by atoms with van der Waals surface area (Å²) in [5, 5.41) is 1.88. The molecule has 4 rings (SSSR count). The molecule has 2 aliphatic carbocycles. The van der Waals surface area contributed by atoms with Gasteiger partial charge in [0.15, 0.2) is 0 Å². The largest absolute Gasteiger partial charge is 0.309 e. The van der Waals surface area contributed by atoms with Gasteiger partial charge in [-0.25, -0.2) is 4.98 Å². The second-order valence-corrected chi connectivity index (χ2v) is 9.90. The minimum Gasteiger partial charge on any atom is -0.309 e. The van der Waals surface area contributed by atoms with E-state index in [0.29, 0.717) is 0 Å². The first-order valence-corrected chi connectivity index (χ1v) is 10.6. The van der Waals surface area contributed by atoms with Gasteiger partial charge >= 0.3 is 0 Å². The number of fused-ring (bicyclic) bond motifs is 3. The number of aromatic amines is 1. The number of rotatable bonds is 3. The highest BCUT2D eigenvalue weighted by molar-refractivity contribution is 8.00. The number of nitrogens with zero attached hydrogens (tertiary/aromatic N) is 1. The molecule has 2 aromatic rings. The smallest absolute Gasteiger partial charge is 0.259 e. The van der Waals surface area contributed by atoms with E-state index >= 15 is 0 Å². The maximum absolute atomic E-state index is 12.7. The van der Waals surface area contributed by atoms with Crippen LogP contribution in [0, 0.1) is 5.92 Å². The molecule has 0 radical (unpaired) electrons. The third-order valence-electron chi connectivity index (χ3n) is 5.27. The predicted molar refractivity (Wildman–Crippen MR) is 99.7 cm³/mol. The van der Waals surface area contributed by atoms with Crippen molar-refractivity contribution in [3.05, 3.63) is 26.6 Å². The van der Waals surface area contributed by atoms with Gasteiger partial charge in [0, 0.05) is 10.1 Å². The van der Waals surface area contributed by atoms with E-state index in [0.717, 1.165) is 40.1 Å². The predicted octanol–water partition coefficient (Wildman–Crippen LogP) is 4.85. The van der Waals surface area contributed by atoms with Crippen LogP contribution in [0.15, 0.2) is 4.79 Å². The lowest BCUT2D eigenvalue weighted by Gasteiger charge is -2.17. The number of aryl methyl sites for hydroxylation is 1. The molecule has 0 spiro atoms. The molecule has 3 nitrogen and oxygen atoms in total. The van der Waals surface area contributed by atoms with Crippen molar-refractivity contribution in [2.24, 2.45) is 5.92 Å². The highest BCUT2D eigenvalue weighted by Crippen LogP contribution is 2.39.